The lowest BCUT2D eigenvalue weighted by molar-refractivity contribution is -0.124. The van der Waals surface area contributed by atoms with Gasteiger partial charge in [0.05, 0.1) is 19.0 Å². The molecule has 3 aliphatic rings. The van der Waals surface area contributed by atoms with Crippen molar-refractivity contribution in [2.45, 2.75) is 55.7 Å². The van der Waals surface area contributed by atoms with Crippen LogP contribution in [0.3, 0.4) is 0 Å². The number of aliphatic hydroxyl groups is 1. The largest absolute Gasteiger partial charge is 0.465 e. The maximum atomic E-state index is 15.2. The van der Waals surface area contributed by atoms with Gasteiger partial charge in [-0.25, -0.2) is 14.8 Å². The van der Waals surface area contributed by atoms with E-state index >= 15 is 4.39 Å². The molecular weight excluding hydrogens is 451 g/mol. The number of carbonyl (C=O) groups excluding carboxylic acids is 1. The van der Waals surface area contributed by atoms with Crippen LogP contribution in [0.15, 0.2) is 5.16 Å². The fourth-order valence-electron chi connectivity index (χ4n) is 4.81. The van der Waals surface area contributed by atoms with Gasteiger partial charge in [-0.2, -0.15) is 4.39 Å². The van der Waals surface area contributed by atoms with Gasteiger partial charge in [-0.05, 0) is 37.4 Å². The molecule has 2 heterocycles. The van der Waals surface area contributed by atoms with Crippen molar-refractivity contribution >= 4 is 35.4 Å². The molecule has 0 unspecified atom stereocenters. The normalized spacial score (nSPS) is 20.8. The number of β-amino-alcohol motifs (C(OH)–C–C–N with tert-alkyl or cyclic N) is 1. The predicted octanol–water partition coefficient (Wildman–Crippen LogP) is 2.21. The van der Waals surface area contributed by atoms with E-state index in [1.54, 1.807) is 11.2 Å². The minimum Gasteiger partial charge on any atom is -0.465 e. The fraction of sp³-hybridized carbons (Fsp3) is 0.714. The Bertz CT molecular complexity index is 890. The number of carboxylic acid groups (broad SMARTS) is 1. The molecule has 5 N–H and O–H groups in total. The molecule has 2 amide bonds. The van der Waals surface area contributed by atoms with Gasteiger partial charge in [0.1, 0.15) is 5.60 Å². The van der Waals surface area contributed by atoms with Gasteiger partial charge in [-0.1, -0.05) is 37.4 Å². The number of hydrogen-bond acceptors (Lipinski definition) is 8. The highest BCUT2D eigenvalue weighted by Gasteiger charge is 2.53. The highest BCUT2D eigenvalue weighted by Crippen LogP contribution is 2.46. The van der Waals surface area contributed by atoms with E-state index in [1.165, 1.54) is 11.8 Å². The first-order valence-electron chi connectivity index (χ1n) is 11.4. The summed E-state index contributed by atoms with van der Waals surface area (Å²) in [5.74, 6) is -1.14. The predicted molar refractivity (Wildman–Crippen MR) is 122 cm³/mol. The highest BCUT2D eigenvalue weighted by atomic mass is 32.2. The molecule has 1 aromatic rings. The quantitative estimate of drug-likeness (QED) is 0.193. The standard InChI is InChI=1S/C21H31FN6O4S/c1-33-19-24-16(15(22)17(25-19)28-10-21(32,11-28)14-6-7-14)26-27-18(29)13(9-23-20(30)31)8-12-4-2-3-5-12/h12-14,23,32H,2-11H2,1H3,(H,27,29)(H,30,31)(H,24,25,26)/t13-/m1/s1. The summed E-state index contributed by atoms with van der Waals surface area (Å²) in [6.45, 7) is 0.617. The summed E-state index contributed by atoms with van der Waals surface area (Å²) in [6.07, 6.45) is 7.39. The van der Waals surface area contributed by atoms with Gasteiger partial charge in [0.15, 0.2) is 16.8 Å². The van der Waals surface area contributed by atoms with Crippen LogP contribution in [0.2, 0.25) is 0 Å². The third-order valence-corrected chi connectivity index (χ3v) is 7.38. The number of carbonyl (C=O) groups is 2. The van der Waals surface area contributed by atoms with Crippen molar-refractivity contribution < 1.29 is 24.2 Å². The number of nitrogens with zero attached hydrogens (tertiary/aromatic N) is 3. The van der Waals surface area contributed by atoms with E-state index in [1.807, 2.05) is 0 Å². The van der Waals surface area contributed by atoms with Gasteiger partial charge in [-0.3, -0.25) is 15.6 Å². The molecular formula is C21H31FN6O4S. The molecule has 0 radical (unpaired) electrons. The summed E-state index contributed by atoms with van der Waals surface area (Å²) in [6, 6.07) is 0. The molecule has 0 bridgehead atoms. The Morgan fingerprint density at radius 3 is 2.55 bits per heavy atom. The van der Waals surface area contributed by atoms with E-state index in [2.05, 4.69) is 26.1 Å². The maximum absolute atomic E-state index is 15.2. The summed E-state index contributed by atoms with van der Waals surface area (Å²) < 4.78 is 15.2. The third kappa shape index (κ3) is 5.60. The molecule has 2 aliphatic carbocycles. The molecule has 1 aromatic heterocycles. The Hall–Kier alpha value is -2.34. The molecule has 2 saturated carbocycles. The summed E-state index contributed by atoms with van der Waals surface area (Å²) >= 11 is 1.24. The fourth-order valence-corrected chi connectivity index (χ4v) is 5.17. The summed E-state index contributed by atoms with van der Waals surface area (Å²) in [7, 11) is 0. The van der Waals surface area contributed by atoms with E-state index in [9.17, 15) is 14.7 Å². The first-order valence-corrected chi connectivity index (χ1v) is 12.6. The smallest absolute Gasteiger partial charge is 0.404 e. The molecule has 1 atom stereocenters. The van der Waals surface area contributed by atoms with Gasteiger partial charge in [0, 0.05) is 6.54 Å². The molecule has 1 aliphatic heterocycles. The van der Waals surface area contributed by atoms with E-state index in [0.29, 0.717) is 30.6 Å². The summed E-state index contributed by atoms with van der Waals surface area (Å²) in [5.41, 5.74) is 4.29. The van der Waals surface area contributed by atoms with Gasteiger partial charge < -0.3 is 20.4 Å². The van der Waals surface area contributed by atoms with Crippen LogP contribution in [0.4, 0.5) is 20.8 Å². The molecule has 4 rings (SSSR count). The average molecular weight is 483 g/mol. The van der Waals surface area contributed by atoms with E-state index in [-0.39, 0.29) is 24.1 Å². The number of amides is 2. The Kier molecular flexibility index (Phi) is 7.13. The molecule has 12 heteroatoms. The Labute approximate surface area is 196 Å². The van der Waals surface area contributed by atoms with Crippen LogP contribution in [-0.2, 0) is 4.79 Å². The second-order valence-corrected chi connectivity index (χ2v) is 10.1. The monoisotopic (exact) mass is 482 g/mol. The van der Waals surface area contributed by atoms with Crippen LogP contribution >= 0.6 is 11.8 Å². The Balaban J connectivity index is 1.42. The van der Waals surface area contributed by atoms with Crippen LogP contribution in [0.5, 0.6) is 0 Å². The molecule has 3 fully saturated rings. The number of hydrazine groups is 1. The second kappa shape index (κ2) is 9.88. The zero-order valence-corrected chi connectivity index (χ0v) is 19.5. The third-order valence-electron chi connectivity index (χ3n) is 6.83. The minimum atomic E-state index is -1.19. The SMILES string of the molecule is CSc1nc(NNC(=O)[C@@H](CNC(=O)O)CC2CCCC2)c(F)c(N2CC(O)(C3CC3)C2)n1. The number of halogens is 1. The van der Waals surface area contributed by atoms with Gasteiger partial charge in [0.25, 0.3) is 0 Å². The zero-order chi connectivity index (χ0) is 23.6. The van der Waals surface area contributed by atoms with Crippen molar-refractivity contribution in [3.05, 3.63) is 5.82 Å². The Morgan fingerprint density at radius 2 is 1.94 bits per heavy atom. The molecule has 33 heavy (non-hydrogen) atoms. The van der Waals surface area contributed by atoms with Crippen molar-refractivity contribution in [3.8, 4) is 0 Å². The van der Waals surface area contributed by atoms with Crippen molar-refractivity contribution in [3.63, 3.8) is 0 Å². The van der Waals surface area contributed by atoms with Crippen molar-refractivity contribution in [2.75, 3.05) is 36.2 Å². The van der Waals surface area contributed by atoms with E-state index in [4.69, 9.17) is 5.11 Å². The first kappa shape index (κ1) is 23.8. The number of rotatable bonds is 10. The van der Waals surface area contributed by atoms with Crippen LogP contribution in [0.25, 0.3) is 0 Å². The molecule has 0 spiro atoms. The van der Waals surface area contributed by atoms with Crippen molar-refractivity contribution in [1.29, 1.82) is 0 Å². The van der Waals surface area contributed by atoms with Gasteiger partial charge in [0.2, 0.25) is 11.7 Å². The van der Waals surface area contributed by atoms with Crippen molar-refractivity contribution in [1.82, 2.24) is 20.7 Å². The first-order chi connectivity index (χ1) is 15.8. The van der Waals surface area contributed by atoms with Crippen LogP contribution in [0.1, 0.15) is 44.9 Å². The minimum absolute atomic E-state index is 0.0135. The maximum Gasteiger partial charge on any atom is 0.404 e. The zero-order valence-electron chi connectivity index (χ0n) is 18.6. The highest BCUT2D eigenvalue weighted by molar-refractivity contribution is 7.98. The molecule has 1 saturated heterocycles. The number of hydrogen-bond donors (Lipinski definition) is 5. The topological polar surface area (TPSA) is 140 Å². The van der Waals surface area contributed by atoms with E-state index in [0.717, 1.165) is 38.5 Å². The number of nitrogens with one attached hydrogen (secondary N) is 3. The van der Waals surface area contributed by atoms with Gasteiger partial charge in [-0.15, -0.1) is 0 Å². The van der Waals surface area contributed by atoms with Crippen LogP contribution in [-0.4, -0.2) is 63.7 Å². The summed E-state index contributed by atoms with van der Waals surface area (Å²) in [5, 5.41) is 22.1. The second-order valence-electron chi connectivity index (χ2n) is 9.31. The molecule has 182 valence electrons. The number of anilines is 2. The van der Waals surface area contributed by atoms with Crippen molar-refractivity contribution in [2.24, 2.45) is 17.8 Å². The summed E-state index contributed by atoms with van der Waals surface area (Å²) in [4.78, 5) is 33.8. The lowest BCUT2D eigenvalue weighted by Gasteiger charge is -2.47. The molecule has 10 nitrogen and oxygen atoms in total. The Morgan fingerprint density at radius 1 is 1.24 bits per heavy atom. The van der Waals surface area contributed by atoms with Gasteiger partial charge >= 0.3 is 6.09 Å². The average Bonchev–Trinajstić information content (AvgIpc) is 3.50. The van der Waals surface area contributed by atoms with Crippen LogP contribution in [0, 0.1) is 23.6 Å². The van der Waals surface area contributed by atoms with E-state index < -0.39 is 29.3 Å². The number of aromatic nitrogens is 2. The number of thioether (sulfide) groups is 1. The van der Waals surface area contributed by atoms with Crippen LogP contribution < -0.4 is 21.1 Å². The lowest BCUT2D eigenvalue weighted by atomic mass is 9.89. The molecule has 0 aromatic carbocycles. The lowest BCUT2D eigenvalue weighted by Crippen LogP contribution is -2.63.